The van der Waals surface area contributed by atoms with Crippen LogP contribution in [0, 0.1) is 0 Å². The first kappa shape index (κ1) is 19.3. The first-order chi connectivity index (χ1) is 12.4. The minimum atomic E-state index is -4.74. The van der Waals surface area contributed by atoms with Gasteiger partial charge in [0.15, 0.2) is 0 Å². The Morgan fingerprint density at radius 2 is 1.92 bits per heavy atom. The summed E-state index contributed by atoms with van der Waals surface area (Å²) in [4.78, 5) is 3.28. The molecule has 0 aliphatic carbocycles. The second kappa shape index (κ2) is 8.04. The number of halogens is 4. The van der Waals surface area contributed by atoms with Crippen molar-refractivity contribution in [3.8, 4) is 11.5 Å². The standard InChI is InChI=1S/C17H18ClF3N2O2S/c1-24-13-10-11(25-17(19,20)21)2-3-12(13)16(14-4-5-15(18)26-14)23-8-6-22-7-9-23/h2-5,10,16,22H,6-9H2,1H3/t16-/m0/s1. The number of ether oxygens (including phenoxy) is 2. The van der Waals surface area contributed by atoms with Crippen LogP contribution in [0.5, 0.6) is 11.5 Å². The van der Waals surface area contributed by atoms with E-state index in [4.69, 9.17) is 16.3 Å². The zero-order chi connectivity index (χ0) is 18.7. The Hall–Kier alpha value is -1.48. The fraction of sp³-hybridized carbons (Fsp3) is 0.412. The Bertz CT molecular complexity index is 748. The van der Waals surface area contributed by atoms with Gasteiger partial charge in [0.2, 0.25) is 0 Å². The molecule has 1 fully saturated rings. The molecule has 4 nitrogen and oxygen atoms in total. The fourth-order valence-electron chi connectivity index (χ4n) is 3.06. The van der Waals surface area contributed by atoms with Crippen LogP contribution in [-0.4, -0.2) is 44.6 Å². The highest BCUT2D eigenvalue weighted by molar-refractivity contribution is 7.16. The number of thiophene rings is 1. The van der Waals surface area contributed by atoms with Gasteiger partial charge >= 0.3 is 6.36 Å². The van der Waals surface area contributed by atoms with E-state index in [1.807, 2.05) is 12.1 Å². The van der Waals surface area contributed by atoms with Crippen LogP contribution >= 0.6 is 22.9 Å². The smallest absolute Gasteiger partial charge is 0.496 e. The van der Waals surface area contributed by atoms with Gasteiger partial charge in [0, 0.05) is 42.7 Å². The van der Waals surface area contributed by atoms with Crippen LogP contribution in [0.2, 0.25) is 4.34 Å². The van der Waals surface area contributed by atoms with Crippen molar-refractivity contribution in [3.05, 3.63) is 45.1 Å². The van der Waals surface area contributed by atoms with Crippen molar-refractivity contribution >= 4 is 22.9 Å². The first-order valence-corrected chi connectivity index (χ1v) is 9.20. The van der Waals surface area contributed by atoms with Crippen LogP contribution in [0.3, 0.4) is 0 Å². The zero-order valence-electron chi connectivity index (χ0n) is 14.0. The van der Waals surface area contributed by atoms with E-state index in [9.17, 15) is 13.2 Å². The topological polar surface area (TPSA) is 33.7 Å². The molecule has 1 aliphatic rings. The van der Waals surface area contributed by atoms with Crippen molar-refractivity contribution in [2.24, 2.45) is 0 Å². The fourth-order valence-corrected chi connectivity index (χ4v) is 4.28. The lowest BCUT2D eigenvalue weighted by atomic mass is 10.0. The van der Waals surface area contributed by atoms with Crippen molar-refractivity contribution < 1.29 is 22.6 Å². The van der Waals surface area contributed by atoms with Crippen molar-refractivity contribution in [2.75, 3.05) is 33.3 Å². The number of rotatable bonds is 5. The number of alkyl halides is 3. The van der Waals surface area contributed by atoms with Crippen LogP contribution in [0.1, 0.15) is 16.5 Å². The molecule has 1 aromatic heterocycles. The highest BCUT2D eigenvalue weighted by Gasteiger charge is 2.32. The van der Waals surface area contributed by atoms with Gasteiger partial charge in [-0.15, -0.1) is 24.5 Å². The second-order valence-corrected chi connectivity index (χ2v) is 7.53. The SMILES string of the molecule is COc1cc(OC(F)(F)F)ccc1[C@@H](c1ccc(Cl)s1)N1CCNCC1. The van der Waals surface area contributed by atoms with Crippen LogP contribution in [-0.2, 0) is 0 Å². The van der Waals surface area contributed by atoms with E-state index in [2.05, 4.69) is 15.0 Å². The van der Waals surface area contributed by atoms with Crippen molar-refractivity contribution in [2.45, 2.75) is 12.4 Å². The van der Waals surface area contributed by atoms with Gasteiger partial charge in [-0.25, -0.2) is 0 Å². The predicted molar refractivity (Wildman–Crippen MR) is 95.3 cm³/mol. The lowest BCUT2D eigenvalue weighted by Crippen LogP contribution is -2.45. The molecular formula is C17H18ClF3N2O2S. The Morgan fingerprint density at radius 1 is 1.19 bits per heavy atom. The third-order valence-corrected chi connectivity index (χ3v) is 5.40. The van der Waals surface area contributed by atoms with Gasteiger partial charge in [0.25, 0.3) is 0 Å². The summed E-state index contributed by atoms with van der Waals surface area (Å²) < 4.78 is 47.6. The van der Waals surface area contributed by atoms with Crippen molar-refractivity contribution in [1.29, 1.82) is 0 Å². The van der Waals surface area contributed by atoms with E-state index in [0.717, 1.165) is 36.6 Å². The minimum Gasteiger partial charge on any atom is -0.496 e. The Labute approximate surface area is 158 Å². The summed E-state index contributed by atoms with van der Waals surface area (Å²) in [6.45, 7) is 3.30. The maximum Gasteiger partial charge on any atom is 0.573 e. The Kier molecular flexibility index (Phi) is 5.96. The molecule has 2 aromatic rings. The van der Waals surface area contributed by atoms with Gasteiger partial charge in [-0.05, 0) is 24.3 Å². The van der Waals surface area contributed by atoms with E-state index < -0.39 is 6.36 Å². The number of nitrogens with zero attached hydrogens (tertiary/aromatic N) is 1. The van der Waals surface area contributed by atoms with E-state index in [-0.39, 0.29) is 11.8 Å². The molecular weight excluding hydrogens is 389 g/mol. The normalized spacial score (nSPS) is 17.1. The van der Waals surface area contributed by atoms with Gasteiger partial charge in [0.05, 0.1) is 17.5 Å². The first-order valence-electron chi connectivity index (χ1n) is 8.01. The molecule has 9 heteroatoms. The average Bonchev–Trinajstić information content (AvgIpc) is 3.02. The summed E-state index contributed by atoms with van der Waals surface area (Å²) in [5, 5.41) is 3.30. The van der Waals surface area contributed by atoms with Gasteiger partial charge in [0.1, 0.15) is 11.5 Å². The molecule has 0 bridgehead atoms. The average molecular weight is 407 g/mol. The molecule has 1 saturated heterocycles. The van der Waals surface area contributed by atoms with Gasteiger partial charge in [-0.3, -0.25) is 4.90 Å². The molecule has 0 radical (unpaired) electrons. The van der Waals surface area contributed by atoms with Crippen LogP contribution < -0.4 is 14.8 Å². The van der Waals surface area contributed by atoms with Gasteiger partial charge in [-0.2, -0.15) is 0 Å². The molecule has 26 heavy (non-hydrogen) atoms. The third kappa shape index (κ3) is 4.62. The molecule has 1 aromatic carbocycles. The predicted octanol–water partition coefficient (Wildman–Crippen LogP) is 4.30. The Balaban J connectivity index is 1.99. The summed E-state index contributed by atoms with van der Waals surface area (Å²) in [6.07, 6.45) is -4.74. The number of hydrogen-bond acceptors (Lipinski definition) is 5. The Morgan fingerprint density at radius 3 is 2.50 bits per heavy atom. The number of piperazine rings is 1. The summed E-state index contributed by atoms with van der Waals surface area (Å²) >= 11 is 7.57. The summed E-state index contributed by atoms with van der Waals surface area (Å²) in [7, 11) is 1.44. The maximum absolute atomic E-state index is 12.5. The quantitative estimate of drug-likeness (QED) is 0.802. The van der Waals surface area contributed by atoms with Crippen LogP contribution in [0.4, 0.5) is 13.2 Å². The zero-order valence-corrected chi connectivity index (χ0v) is 15.5. The molecule has 3 rings (SSSR count). The molecule has 1 atom stereocenters. The molecule has 1 aliphatic heterocycles. The van der Waals surface area contributed by atoms with Crippen molar-refractivity contribution in [3.63, 3.8) is 0 Å². The van der Waals surface area contributed by atoms with Crippen molar-refractivity contribution in [1.82, 2.24) is 10.2 Å². The molecule has 1 N–H and O–H groups in total. The molecule has 142 valence electrons. The summed E-state index contributed by atoms with van der Waals surface area (Å²) in [5.74, 6) is 0.0428. The summed E-state index contributed by atoms with van der Waals surface area (Å²) in [5.41, 5.74) is 0.780. The lowest BCUT2D eigenvalue weighted by Gasteiger charge is -2.35. The number of methoxy groups -OCH3 is 1. The molecule has 2 heterocycles. The lowest BCUT2D eigenvalue weighted by molar-refractivity contribution is -0.274. The summed E-state index contributed by atoms with van der Waals surface area (Å²) in [6, 6.07) is 7.83. The highest BCUT2D eigenvalue weighted by Crippen LogP contribution is 2.41. The maximum atomic E-state index is 12.5. The molecule has 0 unspecified atom stereocenters. The van der Waals surface area contributed by atoms with Gasteiger partial charge < -0.3 is 14.8 Å². The monoisotopic (exact) mass is 406 g/mol. The molecule has 0 saturated carbocycles. The highest BCUT2D eigenvalue weighted by atomic mass is 35.5. The van der Waals surface area contributed by atoms with E-state index in [0.29, 0.717) is 10.1 Å². The molecule has 0 spiro atoms. The van der Waals surface area contributed by atoms with E-state index >= 15 is 0 Å². The van der Waals surface area contributed by atoms with E-state index in [1.165, 1.54) is 30.6 Å². The van der Waals surface area contributed by atoms with Crippen LogP contribution in [0.15, 0.2) is 30.3 Å². The third-order valence-electron chi connectivity index (χ3n) is 4.11. The minimum absolute atomic E-state index is 0.149. The molecule has 0 amide bonds. The number of benzene rings is 1. The largest absolute Gasteiger partial charge is 0.573 e. The van der Waals surface area contributed by atoms with Crippen LogP contribution in [0.25, 0.3) is 0 Å². The number of nitrogens with one attached hydrogen (secondary N) is 1. The van der Waals surface area contributed by atoms with Gasteiger partial charge in [-0.1, -0.05) is 11.6 Å². The number of hydrogen-bond donors (Lipinski definition) is 1. The van der Waals surface area contributed by atoms with E-state index in [1.54, 1.807) is 6.07 Å². The second-order valence-electron chi connectivity index (χ2n) is 5.78.